The number of nitrogens with zero attached hydrogens (tertiary/aromatic N) is 1. The third-order valence-corrected chi connectivity index (χ3v) is 3.49. The van der Waals surface area contributed by atoms with Gasteiger partial charge in [0.25, 0.3) is 0 Å². The number of pyridine rings is 1. The fourth-order valence-electron chi connectivity index (χ4n) is 1.57. The van der Waals surface area contributed by atoms with Crippen LogP contribution in [-0.4, -0.2) is 14.1 Å². The van der Waals surface area contributed by atoms with Crippen molar-refractivity contribution in [2.75, 3.05) is 0 Å². The molecule has 1 aromatic heterocycles. The summed E-state index contributed by atoms with van der Waals surface area (Å²) in [6.07, 6.45) is 2.05. The molecular weight excluding hydrogens is 258 g/mol. The highest BCUT2D eigenvalue weighted by atomic mass is 35.5. The van der Waals surface area contributed by atoms with E-state index in [1.54, 1.807) is 6.07 Å². The van der Waals surface area contributed by atoms with Crippen LogP contribution in [0.25, 0.3) is 0 Å². The zero-order valence-corrected chi connectivity index (χ0v) is 10.4. The highest BCUT2D eigenvalue weighted by Crippen LogP contribution is 2.19. The van der Waals surface area contributed by atoms with Crippen LogP contribution in [0.15, 0.2) is 42.6 Å². The number of rotatable bonds is 2. The lowest BCUT2D eigenvalue weighted by molar-refractivity contribution is 0.180. The van der Waals surface area contributed by atoms with Crippen molar-refractivity contribution < 1.29 is 9.42 Å². The van der Waals surface area contributed by atoms with Crippen LogP contribution >= 0.6 is 11.6 Å². The number of halogens is 1. The summed E-state index contributed by atoms with van der Waals surface area (Å²) in [7, 11) is 0. The van der Waals surface area contributed by atoms with E-state index in [1.807, 2.05) is 30.3 Å². The topological polar surface area (TPSA) is 42.2 Å². The predicted molar refractivity (Wildman–Crippen MR) is 67.3 cm³/mol. The van der Waals surface area contributed by atoms with Gasteiger partial charge in [0, 0.05) is 6.20 Å². The first-order chi connectivity index (χ1) is 8.22. The van der Waals surface area contributed by atoms with E-state index < -0.39 is 0 Å². The van der Waals surface area contributed by atoms with Crippen LogP contribution in [0.1, 0.15) is 11.1 Å². The second-order valence-corrected chi connectivity index (χ2v) is 4.48. The molecule has 5 heteroatoms. The molecule has 0 unspecified atom stereocenters. The molecule has 1 N–H and O–H groups in total. The maximum absolute atomic E-state index is 10.8. The zero-order chi connectivity index (χ0) is 12.3. The van der Waals surface area contributed by atoms with E-state index in [0.717, 1.165) is 15.9 Å². The summed E-state index contributed by atoms with van der Waals surface area (Å²) in [5.74, 6) is 0. The van der Waals surface area contributed by atoms with Crippen LogP contribution < -0.4 is 0 Å². The Bertz CT molecular complexity index is 618. The first-order valence-corrected chi connectivity index (χ1v) is 6.10. The Morgan fingerprint density at radius 1 is 1.24 bits per heavy atom. The lowest BCUT2D eigenvalue weighted by Gasteiger charge is -2.06. The quantitative estimate of drug-likeness (QED) is 0.672. The van der Waals surface area contributed by atoms with Crippen LogP contribution in [-0.2, 0) is 17.7 Å². The standard InChI is InChI=1S/C12H10ClNO2S/c13-11-10(6-7-14(15)12(11)17-16)8-9-4-2-1-3-5-9/h1-7,15H,8H2. The average Bonchev–Trinajstić information content (AvgIpc) is 2.35. The average molecular weight is 268 g/mol. The molecule has 0 bridgehead atoms. The van der Waals surface area contributed by atoms with E-state index in [1.165, 1.54) is 6.20 Å². The number of hydrogen-bond acceptors (Lipinski definition) is 2. The molecule has 0 radical (unpaired) electrons. The second-order valence-electron chi connectivity index (χ2n) is 3.55. The van der Waals surface area contributed by atoms with Crippen molar-refractivity contribution in [1.82, 2.24) is 4.73 Å². The molecule has 0 aliphatic rings. The molecular formula is C12H10ClNO2S. The van der Waals surface area contributed by atoms with Crippen molar-refractivity contribution in [2.24, 2.45) is 0 Å². The maximum atomic E-state index is 10.8. The minimum Gasteiger partial charge on any atom is -0.427 e. The Balaban J connectivity index is 2.45. The molecule has 0 saturated heterocycles. The lowest BCUT2D eigenvalue weighted by atomic mass is 10.1. The molecule has 88 valence electrons. The summed E-state index contributed by atoms with van der Waals surface area (Å²) in [6.45, 7) is 0. The molecule has 0 saturated carbocycles. The number of benzene rings is 1. The Hall–Kier alpha value is -1.52. The minimum atomic E-state index is 0.111. The molecule has 1 aromatic carbocycles. The van der Waals surface area contributed by atoms with Crippen molar-refractivity contribution in [1.29, 1.82) is 0 Å². The summed E-state index contributed by atoms with van der Waals surface area (Å²) < 4.78 is 11.7. The fourth-order valence-corrected chi connectivity index (χ4v) is 2.22. The van der Waals surface area contributed by atoms with Crippen molar-refractivity contribution in [2.45, 2.75) is 6.42 Å². The van der Waals surface area contributed by atoms with Crippen molar-refractivity contribution in [3.8, 4) is 0 Å². The molecule has 1 heterocycles. The molecule has 17 heavy (non-hydrogen) atoms. The van der Waals surface area contributed by atoms with E-state index in [-0.39, 0.29) is 15.9 Å². The van der Waals surface area contributed by atoms with Crippen LogP contribution in [0.2, 0.25) is 5.02 Å². The van der Waals surface area contributed by atoms with E-state index in [0.29, 0.717) is 11.4 Å². The van der Waals surface area contributed by atoms with Gasteiger partial charge in [0.1, 0.15) is 11.3 Å². The van der Waals surface area contributed by atoms with Gasteiger partial charge in [-0.1, -0.05) is 41.9 Å². The highest BCUT2D eigenvalue weighted by molar-refractivity contribution is 7.56. The summed E-state index contributed by atoms with van der Waals surface area (Å²) in [5, 5.41) is 9.70. The molecule has 2 rings (SSSR count). The summed E-state index contributed by atoms with van der Waals surface area (Å²) in [6, 6.07) is 11.5. The predicted octanol–water partition coefficient (Wildman–Crippen LogP) is 2.71. The van der Waals surface area contributed by atoms with Crippen molar-refractivity contribution in [3.63, 3.8) is 0 Å². The number of hydrogen-bond donors (Lipinski definition) is 1. The Morgan fingerprint density at radius 2 is 1.94 bits per heavy atom. The smallest absolute Gasteiger partial charge is 0.191 e. The minimum absolute atomic E-state index is 0.111. The Kier molecular flexibility index (Phi) is 3.66. The molecule has 0 fully saturated rings. The van der Waals surface area contributed by atoms with Crippen LogP contribution in [0.5, 0.6) is 0 Å². The van der Waals surface area contributed by atoms with Crippen LogP contribution in [0.4, 0.5) is 0 Å². The van der Waals surface area contributed by atoms with Gasteiger partial charge in [-0.05, 0) is 23.6 Å². The largest absolute Gasteiger partial charge is 0.427 e. The first-order valence-electron chi connectivity index (χ1n) is 4.98. The van der Waals surface area contributed by atoms with Gasteiger partial charge in [-0.2, -0.15) is 4.73 Å². The van der Waals surface area contributed by atoms with E-state index in [2.05, 4.69) is 0 Å². The summed E-state index contributed by atoms with van der Waals surface area (Å²) in [4.78, 5) is 0. The fraction of sp³-hybridized carbons (Fsp3) is 0.0833. The Labute approximate surface area is 107 Å². The highest BCUT2D eigenvalue weighted by Gasteiger charge is 2.06. The summed E-state index contributed by atoms with van der Waals surface area (Å²) >= 11 is 6.24. The molecule has 0 spiro atoms. The Morgan fingerprint density at radius 3 is 2.59 bits per heavy atom. The van der Waals surface area contributed by atoms with E-state index >= 15 is 0 Å². The third kappa shape index (κ3) is 2.60. The van der Waals surface area contributed by atoms with Crippen LogP contribution in [0.3, 0.4) is 0 Å². The third-order valence-electron chi connectivity index (χ3n) is 2.41. The molecule has 0 amide bonds. The van der Waals surface area contributed by atoms with Gasteiger partial charge < -0.3 is 5.21 Å². The second kappa shape index (κ2) is 5.21. The summed E-state index contributed by atoms with van der Waals surface area (Å²) in [5.41, 5.74) is 1.92. The molecule has 0 aliphatic heterocycles. The van der Waals surface area contributed by atoms with Crippen molar-refractivity contribution >= 4 is 22.9 Å². The van der Waals surface area contributed by atoms with Gasteiger partial charge in [-0.3, -0.25) is 0 Å². The maximum Gasteiger partial charge on any atom is 0.191 e. The van der Waals surface area contributed by atoms with Gasteiger partial charge in [0.05, 0.1) is 5.02 Å². The lowest BCUT2D eigenvalue weighted by Crippen LogP contribution is -1.99. The molecule has 0 atom stereocenters. The van der Waals surface area contributed by atoms with Gasteiger partial charge in [0.15, 0.2) is 4.64 Å². The van der Waals surface area contributed by atoms with Gasteiger partial charge in [-0.25, -0.2) is 4.21 Å². The van der Waals surface area contributed by atoms with Gasteiger partial charge in [0.2, 0.25) is 0 Å². The van der Waals surface area contributed by atoms with Gasteiger partial charge in [-0.15, -0.1) is 0 Å². The first kappa shape index (κ1) is 12.0. The monoisotopic (exact) mass is 267 g/mol. The van der Waals surface area contributed by atoms with E-state index in [4.69, 9.17) is 11.6 Å². The molecule has 2 aromatic rings. The number of aromatic nitrogens is 1. The molecule has 0 aliphatic carbocycles. The van der Waals surface area contributed by atoms with E-state index in [9.17, 15) is 9.42 Å². The zero-order valence-electron chi connectivity index (χ0n) is 8.84. The molecule has 3 nitrogen and oxygen atoms in total. The SMILES string of the molecule is O=S=c1c(Cl)c(Cc2ccccc2)ccn1O. The normalized spacial score (nSPS) is 10.2. The van der Waals surface area contributed by atoms with Crippen molar-refractivity contribution in [3.05, 3.63) is 63.4 Å². The van der Waals surface area contributed by atoms with Gasteiger partial charge >= 0.3 is 0 Å². The van der Waals surface area contributed by atoms with Crippen LogP contribution in [0, 0.1) is 4.64 Å².